The highest BCUT2D eigenvalue weighted by molar-refractivity contribution is 6.25. The van der Waals surface area contributed by atoms with Crippen LogP contribution < -0.4 is 0 Å². The van der Waals surface area contributed by atoms with Gasteiger partial charge in [0.25, 0.3) is 0 Å². The third-order valence-corrected chi connectivity index (χ3v) is 2.95. The van der Waals surface area contributed by atoms with Crippen LogP contribution in [-0.2, 0) is 4.74 Å². The highest BCUT2D eigenvalue weighted by atomic mass is 35.5. The fourth-order valence-corrected chi connectivity index (χ4v) is 1.98. The minimum atomic E-state index is 0.156. The third-order valence-electron chi connectivity index (χ3n) is 2.23. The second-order valence-electron chi connectivity index (χ2n) is 3.87. The van der Waals surface area contributed by atoms with Crippen molar-refractivity contribution in [2.45, 2.75) is 26.1 Å². The van der Waals surface area contributed by atoms with E-state index in [0.717, 1.165) is 19.6 Å². The monoisotopic (exact) mass is 237 g/mol. The molecule has 2 nitrogen and oxygen atoms in total. The quantitative estimate of drug-likeness (QED) is 0.700. The number of nitrogens with zero attached hydrogens (tertiary/aromatic N) is 1. The molecule has 1 heterocycles. The van der Waals surface area contributed by atoms with Gasteiger partial charge >= 0.3 is 0 Å². The van der Waals surface area contributed by atoms with Crippen molar-refractivity contribution < 1.29 is 4.74 Å². The van der Waals surface area contributed by atoms with Crippen LogP contribution in [0.4, 0.5) is 0 Å². The van der Waals surface area contributed by atoms with Gasteiger partial charge in [-0.15, -0.1) is 11.6 Å². The van der Waals surface area contributed by atoms with Gasteiger partial charge in [-0.05, 0) is 19.4 Å². The van der Waals surface area contributed by atoms with Crippen LogP contribution in [0.5, 0.6) is 0 Å². The summed E-state index contributed by atoms with van der Waals surface area (Å²) in [6.45, 7) is 6.87. The van der Waals surface area contributed by atoms with Crippen LogP contribution in [0.3, 0.4) is 0 Å². The molecule has 0 aliphatic carbocycles. The fraction of sp³-hybridized carbons (Fsp3) is 0.800. The second kappa shape index (κ2) is 5.96. The van der Waals surface area contributed by atoms with Gasteiger partial charge in [-0.25, -0.2) is 0 Å². The van der Waals surface area contributed by atoms with E-state index in [1.807, 2.05) is 6.92 Å². The molecule has 1 saturated heterocycles. The van der Waals surface area contributed by atoms with Crippen molar-refractivity contribution in [3.8, 4) is 0 Å². The largest absolute Gasteiger partial charge is 0.371 e. The Hall–Kier alpha value is 0.240. The summed E-state index contributed by atoms with van der Waals surface area (Å²) in [5, 5.41) is 0. The van der Waals surface area contributed by atoms with Crippen LogP contribution in [0.2, 0.25) is 0 Å². The SMILES string of the molecule is C/C(=C\Cl)CN1CC(C)OC(CCl)C1. The van der Waals surface area contributed by atoms with Crippen molar-refractivity contribution in [3.63, 3.8) is 0 Å². The minimum absolute atomic E-state index is 0.156. The van der Waals surface area contributed by atoms with Crippen LogP contribution in [0, 0.1) is 0 Å². The minimum Gasteiger partial charge on any atom is -0.371 e. The van der Waals surface area contributed by atoms with Gasteiger partial charge in [0.2, 0.25) is 0 Å². The maximum absolute atomic E-state index is 5.79. The first-order valence-corrected chi connectivity index (χ1v) is 5.82. The molecule has 14 heavy (non-hydrogen) atoms. The van der Waals surface area contributed by atoms with Crippen molar-refractivity contribution in [2.24, 2.45) is 0 Å². The van der Waals surface area contributed by atoms with Gasteiger partial charge in [0.05, 0.1) is 12.2 Å². The van der Waals surface area contributed by atoms with Crippen LogP contribution in [0.25, 0.3) is 0 Å². The molecule has 0 radical (unpaired) electrons. The number of morpholine rings is 1. The zero-order valence-corrected chi connectivity index (χ0v) is 10.2. The lowest BCUT2D eigenvalue weighted by Crippen LogP contribution is -2.47. The normalized spacial score (nSPS) is 30.7. The van der Waals surface area contributed by atoms with E-state index in [0.29, 0.717) is 5.88 Å². The van der Waals surface area contributed by atoms with Gasteiger partial charge in [0.15, 0.2) is 0 Å². The lowest BCUT2D eigenvalue weighted by molar-refractivity contribution is -0.0636. The number of alkyl halides is 1. The topological polar surface area (TPSA) is 12.5 Å². The van der Waals surface area contributed by atoms with Gasteiger partial charge in [-0.3, -0.25) is 4.90 Å². The summed E-state index contributed by atoms with van der Waals surface area (Å²) in [5.41, 5.74) is 2.81. The molecule has 1 fully saturated rings. The van der Waals surface area contributed by atoms with E-state index in [-0.39, 0.29) is 12.2 Å². The van der Waals surface area contributed by atoms with E-state index < -0.39 is 0 Å². The number of ether oxygens (including phenoxy) is 1. The molecule has 1 rings (SSSR count). The molecule has 2 atom stereocenters. The number of hydrogen-bond donors (Lipinski definition) is 0. The summed E-state index contributed by atoms with van der Waals surface area (Å²) in [5.74, 6) is 0.560. The van der Waals surface area contributed by atoms with Gasteiger partial charge in [-0.2, -0.15) is 0 Å². The van der Waals surface area contributed by atoms with Gasteiger partial charge in [0.1, 0.15) is 0 Å². The number of halogens is 2. The molecular formula is C10H17Cl2NO. The first kappa shape index (κ1) is 12.3. The van der Waals surface area contributed by atoms with Gasteiger partial charge < -0.3 is 4.74 Å². The first-order chi connectivity index (χ1) is 6.65. The fourth-order valence-electron chi connectivity index (χ4n) is 1.74. The molecule has 1 aliphatic heterocycles. The average molecular weight is 238 g/mol. The Morgan fingerprint density at radius 1 is 1.57 bits per heavy atom. The summed E-state index contributed by atoms with van der Waals surface area (Å²) in [6.07, 6.45) is 0.416. The third kappa shape index (κ3) is 3.77. The predicted octanol–water partition coefficient (Wildman–Crippen LogP) is 2.46. The van der Waals surface area contributed by atoms with E-state index >= 15 is 0 Å². The number of hydrogen-bond acceptors (Lipinski definition) is 2. The van der Waals surface area contributed by atoms with Gasteiger partial charge in [0, 0.05) is 31.0 Å². The molecule has 4 heteroatoms. The smallest absolute Gasteiger partial charge is 0.0841 e. The molecular weight excluding hydrogens is 221 g/mol. The zero-order chi connectivity index (χ0) is 10.6. The molecule has 0 N–H and O–H groups in total. The van der Waals surface area contributed by atoms with Crippen molar-refractivity contribution in [1.82, 2.24) is 4.90 Å². The Bertz CT molecular complexity index is 208. The van der Waals surface area contributed by atoms with Crippen LogP contribution >= 0.6 is 23.2 Å². The van der Waals surface area contributed by atoms with E-state index in [1.165, 1.54) is 5.57 Å². The summed E-state index contributed by atoms with van der Waals surface area (Å²) < 4.78 is 5.65. The summed E-state index contributed by atoms with van der Waals surface area (Å²) >= 11 is 11.4. The standard InChI is InChI=1S/C10H17Cl2NO/c1-8(3-11)5-13-6-9(2)14-10(4-12)7-13/h3,9-10H,4-7H2,1-2H3/b8-3+. The molecule has 0 bridgehead atoms. The highest BCUT2D eigenvalue weighted by Crippen LogP contribution is 2.13. The summed E-state index contributed by atoms with van der Waals surface area (Å²) in [4.78, 5) is 2.33. The maximum Gasteiger partial charge on any atom is 0.0841 e. The second-order valence-corrected chi connectivity index (χ2v) is 4.40. The Morgan fingerprint density at radius 2 is 2.29 bits per heavy atom. The number of rotatable bonds is 3. The molecule has 0 aromatic heterocycles. The molecule has 0 spiro atoms. The van der Waals surface area contributed by atoms with Gasteiger partial charge in [-0.1, -0.05) is 11.6 Å². The summed E-state index contributed by atoms with van der Waals surface area (Å²) in [7, 11) is 0. The van der Waals surface area contributed by atoms with Crippen LogP contribution in [-0.4, -0.2) is 42.6 Å². The lowest BCUT2D eigenvalue weighted by atomic mass is 10.2. The molecule has 0 aromatic carbocycles. The Morgan fingerprint density at radius 3 is 2.86 bits per heavy atom. The average Bonchev–Trinajstić information content (AvgIpc) is 2.16. The molecule has 82 valence electrons. The van der Waals surface area contributed by atoms with Crippen molar-refractivity contribution >= 4 is 23.2 Å². The van der Waals surface area contributed by atoms with E-state index in [9.17, 15) is 0 Å². The lowest BCUT2D eigenvalue weighted by Gasteiger charge is -2.36. The first-order valence-electron chi connectivity index (χ1n) is 4.85. The Labute approximate surface area is 95.8 Å². The van der Waals surface area contributed by atoms with Crippen molar-refractivity contribution in [2.75, 3.05) is 25.5 Å². The van der Waals surface area contributed by atoms with Crippen molar-refractivity contribution in [3.05, 3.63) is 11.1 Å². The van der Waals surface area contributed by atoms with E-state index in [1.54, 1.807) is 5.54 Å². The van der Waals surface area contributed by atoms with Crippen LogP contribution in [0.1, 0.15) is 13.8 Å². The highest BCUT2D eigenvalue weighted by Gasteiger charge is 2.24. The zero-order valence-electron chi connectivity index (χ0n) is 8.67. The van der Waals surface area contributed by atoms with E-state index in [4.69, 9.17) is 27.9 Å². The Balaban J connectivity index is 2.45. The van der Waals surface area contributed by atoms with Crippen LogP contribution in [0.15, 0.2) is 11.1 Å². The Kier molecular flexibility index (Phi) is 5.24. The maximum atomic E-state index is 5.79. The summed E-state index contributed by atoms with van der Waals surface area (Å²) in [6, 6.07) is 0. The molecule has 0 amide bonds. The predicted molar refractivity (Wildman–Crippen MR) is 61.1 cm³/mol. The van der Waals surface area contributed by atoms with E-state index in [2.05, 4.69) is 11.8 Å². The molecule has 1 aliphatic rings. The molecule has 2 unspecified atom stereocenters. The molecule has 0 aromatic rings. The molecule has 0 saturated carbocycles. The van der Waals surface area contributed by atoms with Crippen molar-refractivity contribution in [1.29, 1.82) is 0 Å².